The van der Waals surface area contributed by atoms with Crippen LogP contribution < -0.4 is 10.6 Å². The number of allylic oxidation sites excluding steroid dienone is 2. The molecule has 32 heavy (non-hydrogen) atoms. The first-order valence-electron chi connectivity index (χ1n) is 11.7. The van der Waals surface area contributed by atoms with Gasteiger partial charge in [-0.05, 0) is 44.5 Å². The van der Waals surface area contributed by atoms with Crippen molar-refractivity contribution in [2.45, 2.75) is 52.1 Å². The Labute approximate surface area is 191 Å². The van der Waals surface area contributed by atoms with Crippen LogP contribution in [-0.2, 0) is 19.1 Å². The highest BCUT2D eigenvalue weighted by molar-refractivity contribution is 5.86. The summed E-state index contributed by atoms with van der Waals surface area (Å²) in [6, 6.07) is 9.38. The molecule has 1 aromatic carbocycles. The van der Waals surface area contributed by atoms with Crippen molar-refractivity contribution in [1.82, 2.24) is 15.5 Å². The van der Waals surface area contributed by atoms with E-state index in [1.165, 1.54) is 0 Å². The first-order chi connectivity index (χ1) is 15.5. The van der Waals surface area contributed by atoms with E-state index in [4.69, 9.17) is 4.74 Å². The minimum atomic E-state index is -0.550. The summed E-state index contributed by atoms with van der Waals surface area (Å²) in [6.45, 7) is 7.98. The molecule has 0 bridgehead atoms. The van der Waals surface area contributed by atoms with E-state index in [0.29, 0.717) is 19.4 Å². The second kappa shape index (κ2) is 14.4. The summed E-state index contributed by atoms with van der Waals surface area (Å²) < 4.78 is 5.61. The smallest absolute Gasteiger partial charge is 0.306 e. The summed E-state index contributed by atoms with van der Waals surface area (Å²) in [5.41, 5.74) is 0.830. The molecule has 7 nitrogen and oxygen atoms in total. The first-order valence-corrected chi connectivity index (χ1v) is 11.7. The summed E-state index contributed by atoms with van der Waals surface area (Å²) in [6.07, 6.45) is 5.52. The van der Waals surface area contributed by atoms with Crippen LogP contribution in [0.3, 0.4) is 0 Å². The molecular weight excluding hydrogens is 406 g/mol. The van der Waals surface area contributed by atoms with Crippen molar-refractivity contribution in [3.05, 3.63) is 48.0 Å². The quantitative estimate of drug-likeness (QED) is 0.348. The van der Waals surface area contributed by atoms with Crippen molar-refractivity contribution < 1.29 is 19.1 Å². The number of amides is 2. The molecule has 1 aromatic rings. The van der Waals surface area contributed by atoms with Crippen molar-refractivity contribution in [2.75, 3.05) is 32.7 Å². The lowest BCUT2D eigenvalue weighted by atomic mass is 9.98. The summed E-state index contributed by atoms with van der Waals surface area (Å²) in [7, 11) is 0. The minimum absolute atomic E-state index is 0.115. The van der Waals surface area contributed by atoms with E-state index in [1.54, 1.807) is 0 Å². The molecular formula is C25H37N3O4. The SMILES string of the molecule is CCN(CC)CCCNC(=O)C[C@@H]1CC=CCCC(=O)O[C@H](c2ccccc2)CNC1=O. The predicted molar refractivity (Wildman–Crippen MR) is 125 cm³/mol. The molecule has 176 valence electrons. The number of rotatable bonds is 9. The van der Waals surface area contributed by atoms with Crippen molar-refractivity contribution in [2.24, 2.45) is 5.92 Å². The topological polar surface area (TPSA) is 87.7 Å². The molecule has 0 saturated heterocycles. The Balaban J connectivity index is 1.94. The van der Waals surface area contributed by atoms with E-state index >= 15 is 0 Å². The lowest BCUT2D eigenvalue weighted by Crippen LogP contribution is -2.38. The molecule has 1 aliphatic rings. The number of nitrogens with zero attached hydrogens (tertiary/aromatic N) is 1. The van der Waals surface area contributed by atoms with E-state index in [9.17, 15) is 14.4 Å². The summed E-state index contributed by atoms with van der Waals surface area (Å²) in [5.74, 6) is -1.07. The molecule has 0 unspecified atom stereocenters. The number of esters is 1. The number of carbonyl (C=O) groups excluding carboxylic acids is 3. The number of benzene rings is 1. The van der Waals surface area contributed by atoms with E-state index in [2.05, 4.69) is 29.4 Å². The van der Waals surface area contributed by atoms with Crippen molar-refractivity contribution >= 4 is 17.8 Å². The van der Waals surface area contributed by atoms with Crippen LogP contribution >= 0.6 is 0 Å². The lowest BCUT2D eigenvalue weighted by molar-refractivity contribution is -0.150. The molecule has 1 heterocycles. The molecule has 0 fully saturated rings. The first kappa shape index (κ1) is 25.6. The molecule has 2 amide bonds. The zero-order chi connectivity index (χ0) is 23.2. The number of ether oxygens (including phenoxy) is 1. The molecule has 0 aliphatic carbocycles. The number of hydrogen-bond acceptors (Lipinski definition) is 5. The van der Waals surface area contributed by atoms with Gasteiger partial charge in [-0.25, -0.2) is 0 Å². The Bertz CT molecular complexity index is 747. The Kier molecular flexibility index (Phi) is 11.5. The van der Waals surface area contributed by atoms with Gasteiger partial charge in [-0.3, -0.25) is 14.4 Å². The molecule has 1 aliphatic heterocycles. The largest absolute Gasteiger partial charge is 0.456 e. The molecule has 0 saturated carbocycles. The normalized spacial score (nSPS) is 20.1. The second-order valence-electron chi connectivity index (χ2n) is 8.01. The third-order valence-electron chi connectivity index (χ3n) is 5.68. The summed E-state index contributed by atoms with van der Waals surface area (Å²) in [5, 5.41) is 5.83. The fourth-order valence-electron chi connectivity index (χ4n) is 3.68. The highest BCUT2D eigenvalue weighted by Gasteiger charge is 2.24. The number of carbonyl (C=O) groups is 3. The molecule has 2 atom stereocenters. The van der Waals surface area contributed by atoms with Crippen LogP contribution in [0.5, 0.6) is 0 Å². The van der Waals surface area contributed by atoms with Crippen molar-refractivity contribution in [3.63, 3.8) is 0 Å². The van der Waals surface area contributed by atoms with E-state index in [0.717, 1.165) is 31.6 Å². The van der Waals surface area contributed by atoms with Crippen LogP contribution in [-0.4, -0.2) is 55.4 Å². The van der Waals surface area contributed by atoms with E-state index in [-0.39, 0.29) is 37.2 Å². The Morgan fingerprint density at radius 3 is 2.62 bits per heavy atom. The van der Waals surface area contributed by atoms with Gasteiger partial charge >= 0.3 is 5.97 Å². The van der Waals surface area contributed by atoms with Gasteiger partial charge in [0.25, 0.3) is 0 Å². The van der Waals surface area contributed by atoms with Gasteiger partial charge in [0.15, 0.2) is 0 Å². The highest BCUT2D eigenvalue weighted by Crippen LogP contribution is 2.19. The van der Waals surface area contributed by atoms with Crippen LogP contribution in [0.1, 0.15) is 57.6 Å². The fraction of sp³-hybridized carbons (Fsp3) is 0.560. The Hall–Kier alpha value is -2.67. The maximum Gasteiger partial charge on any atom is 0.306 e. The molecule has 2 N–H and O–H groups in total. The van der Waals surface area contributed by atoms with Gasteiger partial charge in [0.2, 0.25) is 11.8 Å². The Morgan fingerprint density at radius 2 is 1.91 bits per heavy atom. The maximum absolute atomic E-state index is 12.8. The average Bonchev–Trinajstić information content (AvgIpc) is 2.80. The van der Waals surface area contributed by atoms with E-state index in [1.807, 2.05) is 42.5 Å². The van der Waals surface area contributed by atoms with Crippen LogP contribution in [0.2, 0.25) is 0 Å². The maximum atomic E-state index is 12.8. The predicted octanol–water partition coefficient (Wildman–Crippen LogP) is 2.98. The van der Waals surface area contributed by atoms with E-state index < -0.39 is 12.0 Å². The Morgan fingerprint density at radius 1 is 1.16 bits per heavy atom. The number of nitrogens with one attached hydrogen (secondary N) is 2. The van der Waals surface area contributed by atoms with Gasteiger partial charge in [-0.15, -0.1) is 0 Å². The third-order valence-corrected chi connectivity index (χ3v) is 5.68. The zero-order valence-corrected chi connectivity index (χ0v) is 19.3. The lowest BCUT2D eigenvalue weighted by Gasteiger charge is -2.22. The summed E-state index contributed by atoms with van der Waals surface area (Å²) in [4.78, 5) is 39.8. The highest BCUT2D eigenvalue weighted by atomic mass is 16.5. The van der Waals surface area contributed by atoms with Crippen molar-refractivity contribution in [3.8, 4) is 0 Å². The third kappa shape index (κ3) is 9.22. The average molecular weight is 444 g/mol. The second-order valence-corrected chi connectivity index (χ2v) is 8.01. The number of hydrogen-bond donors (Lipinski definition) is 2. The van der Waals surface area contributed by atoms with Crippen molar-refractivity contribution in [1.29, 1.82) is 0 Å². The molecule has 0 spiro atoms. The molecule has 2 rings (SSSR count). The standard InChI is InChI=1S/C25H37N3O4/c1-3-28(4-2)17-11-16-26-23(29)18-21-14-9-6-10-15-24(30)32-22(19-27-25(21)31)20-12-7-5-8-13-20/h5-9,12-13,21-22H,3-4,10-11,14-19H2,1-2H3,(H,26,29)(H,27,31)/t21-,22-/m0/s1. The van der Waals surface area contributed by atoms with Gasteiger partial charge in [0, 0.05) is 19.4 Å². The zero-order valence-electron chi connectivity index (χ0n) is 19.3. The number of cyclic esters (lactones) is 1. The molecule has 0 aromatic heterocycles. The van der Waals surface area contributed by atoms with Crippen LogP contribution in [0.4, 0.5) is 0 Å². The fourth-order valence-corrected chi connectivity index (χ4v) is 3.68. The minimum Gasteiger partial charge on any atom is -0.456 e. The van der Waals surface area contributed by atoms with Crippen LogP contribution in [0.15, 0.2) is 42.5 Å². The van der Waals surface area contributed by atoms with Gasteiger partial charge in [0.1, 0.15) is 6.10 Å². The van der Waals surface area contributed by atoms with Gasteiger partial charge in [-0.2, -0.15) is 0 Å². The molecule has 0 radical (unpaired) electrons. The van der Waals surface area contributed by atoms with Gasteiger partial charge in [0.05, 0.1) is 12.5 Å². The van der Waals surface area contributed by atoms with Crippen LogP contribution in [0.25, 0.3) is 0 Å². The van der Waals surface area contributed by atoms with Gasteiger partial charge in [-0.1, -0.05) is 56.3 Å². The van der Waals surface area contributed by atoms with Gasteiger partial charge < -0.3 is 20.3 Å². The summed E-state index contributed by atoms with van der Waals surface area (Å²) >= 11 is 0. The monoisotopic (exact) mass is 443 g/mol. The van der Waals surface area contributed by atoms with Crippen LogP contribution in [0, 0.1) is 5.92 Å². The molecule has 7 heteroatoms.